The molecule has 4 nitrogen and oxygen atoms in total. The fourth-order valence-corrected chi connectivity index (χ4v) is 4.91. The van der Waals surface area contributed by atoms with Crippen molar-refractivity contribution in [2.45, 2.75) is 24.7 Å². The second kappa shape index (κ2) is 7.67. The number of rotatable bonds is 4. The Hall–Kier alpha value is -3.44. The number of hydrogen-bond donors (Lipinski definition) is 0. The van der Waals surface area contributed by atoms with Gasteiger partial charge in [-0.2, -0.15) is 8.42 Å². The first-order valence-corrected chi connectivity index (χ1v) is 11.6. The van der Waals surface area contributed by atoms with E-state index in [0.29, 0.717) is 0 Å². The summed E-state index contributed by atoms with van der Waals surface area (Å²) in [5.41, 5.74) is 7.09. The Bertz CT molecular complexity index is 1340. The van der Waals surface area contributed by atoms with Crippen LogP contribution in [0.15, 0.2) is 89.8 Å². The summed E-state index contributed by atoms with van der Waals surface area (Å²) < 4.78 is 31.4. The van der Waals surface area contributed by atoms with Crippen LogP contribution in [-0.4, -0.2) is 13.4 Å². The number of fused-ring (bicyclic) bond motifs is 3. The summed E-state index contributed by atoms with van der Waals surface area (Å²) in [6, 6.07) is 26.4. The lowest BCUT2D eigenvalue weighted by Gasteiger charge is -2.22. The lowest BCUT2D eigenvalue weighted by molar-refractivity contribution is 0.476. The summed E-state index contributed by atoms with van der Waals surface area (Å²) in [6.07, 6.45) is 1.77. The molecule has 0 bridgehead atoms. The van der Waals surface area contributed by atoms with Crippen molar-refractivity contribution in [3.63, 3.8) is 0 Å². The molecule has 1 aromatic heterocycles. The first-order valence-electron chi connectivity index (χ1n) is 10.2. The molecule has 0 saturated carbocycles. The smallest absolute Gasteiger partial charge is 0.340 e. The monoisotopic (exact) mass is 427 g/mol. The Labute approximate surface area is 182 Å². The molecule has 1 aliphatic rings. The van der Waals surface area contributed by atoms with E-state index in [2.05, 4.69) is 11.1 Å². The van der Waals surface area contributed by atoms with Gasteiger partial charge in [0, 0.05) is 11.6 Å². The maximum atomic E-state index is 12.9. The third-order valence-electron chi connectivity index (χ3n) is 5.61. The van der Waals surface area contributed by atoms with Crippen LogP contribution in [0.4, 0.5) is 0 Å². The van der Waals surface area contributed by atoms with E-state index in [1.807, 2.05) is 55.5 Å². The number of aromatic nitrogens is 1. The maximum Gasteiger partial charge on any atom is 0.340 e. The lowest BCUT2D eigenvalue weighted by Crippen LogP contribution is -2.13. The Balaban J connectivity index is 1.66. The van der Waals surface area contributed by atoms with Gasteiger partial charge in [0.05, 0.1) is 5.69 Å². The number of nitrogens with zero attached hydrogens (tertiary/aromatic N) is 1. The van der Waals surface area contributed by atoms with Crippen LogP contribution < -0.4 is 4.18 Å². The molecule has 0 N–H and O–H groups in total. The van der Waals surface area contributed by atoms with Crippen LogP contribution in [0.25, 0.3) is 22.4 Å². The SMILES string of the molecule is Cc1ccc(S(=O)(=O)Oc2cc(-c3ccccc3)c3c(n2)-c2ccccc2CC3)cc1. The van der Waals surface area contributed by atoms with E-state index in [4.69, 9.17) is 4.18 Å². The molecule has 0 fully saturated rings. The first kappa shape index (κ1) is 19.5. The molecular weight excluding hydrogens is 406 g/mol. The van der Waals surface area contributed by atoms with Gasteiger partial charge in [0.2, 0.25) is 5.88 Å². The van der Waals surface area contributed by atoms with E-state index in [-0.39, 0.29) is 10.8 Å². The van der Waals surface area contributed by atoms with Crippen molar-refractivity contribution >= 4 is 10.1 Å². The minimum Gasteiger partial charge on any atom is -0.358 e. The average Bonchev–Trinajstić information content (AvgIpc) is 2.79. The van der Waals surface area contributed by atoms with Gasteiger partial charge in [0.15, 0.2) is 0 Å². The lowest BCUT2D eigenvalue weighted by atomic mass is 9.85. The molecule has 0 unspecified atom stereocenters. The molecule has 0 amide bonds. The Morgan fingerprint density at radius 1 is 0.806 bits per heavy atom. The van der Waals surface area contributed by atoms with Crippen LogP contribution in [0.1, 0.15) is 16.7 Å². The molecule has 0 spiro atoms. The summed E-state index contributed by atoms with van der Waals surface area (Å²) in [5.74, 6) is 0.0786. The van der Waals surface area contributed by atoms with Crippen LogP contribution in [0.2, 0.25) is 0 Å². The molecule has 4 aromatic rings. The van der Waals surface area contributed by atoms with Gasteiger partial charge < -0.3 is 4.18 Å². The van der Waals surface area contributed by atoms with E-state index in [1.54, 1.807) is 30.3 Å². The van der Waals surface area contributed by atoms with Crippen molar-refractivity contribution in [2.75, 3.05) is 0 Å². The molecule has 5 rings (SSSR count). The fraction of sp³-hybridized carbons (Fsp3) is 0.115. The van der Waals surface area contributed by atoms with Crippen molar-refractivity contribution in [3.8, 4) is 28.3 Å². The highest BCUT2D eigenvalue weighted by molar-refractivity contribution is 7.87. The topological polar surface area (TPSA) is 56.3 Å². The molecule has 1 heterocycles. The highest BCUT2D eigenvalue weighted by Crippen LogP contribution is 2.39. The molecule has 1 aliphatic carbocycles. The number of aryl methyl sites for hydroxylation is 2. The predicted molar refractivity (Wildman–Crippen MR) is 122 cm³/mol. The van der Waals surface area contributed by atoms with Crippen molar-refractivity contribution in [3.05, 3.63) is 102 Å². The molecule has 3 aromatic carbocycles. The van der Waals surface area contributed by atoms with Gasteiger partial charge in [-0.05, 0) is 54.2 Å². The summed E-state index contributed by atoms with van der Waals surface area (Å²) in [5, 5.41) is 0. The second-order valence-electron chi connectivity index (χ2n) is 7.71. The third kappa shape index (κ3) is 3.73. The minimum absolute atomic E-state index is 0.0786. The van der Waals surface area contributed by atoms with E-state index >= 15 is 0 Å². The van der Waals surface area contributed by atoms with Gasteiger partial charge in [0.1, 0.15) is 4.90 Å². The summed E-state index contributed by atoms with van der Waals surface area (Å²) in [7, 11) is -4.00. The minimum atomic E-state index is -4.00. The average molecular weight is 428 g/mol. The van der Waals surface area contributed by atoms with Crippen molar-refractivity contribution in [1.82, 2.24) is 4.98 Å². The van der Waals surface area contributed by atoms with Crippen molar-refractivity contribution in [2.24, 2.45) is 0 Å². The summed E-state index contributed by atoms with van der Waals surface area (Å²) >= 11 is 0. The van der Waals surface area contributed by atoms with Crippen LogP contribution in [0.5, 0.6) is 5.88 Å². The van der Waals surface area contributed by atoms with Gasteiger partial charge in [0.25, 0.3) is 0 Å². The van der Waals surface area contributed by atoms with E-state index in [0.717, 1.165) is 46.4 Å². The third-order valence-corrected chi connectivity index (χ3v) is 6.85. The van der Waals surface area contributed by atoms with Gasteiger partial charge in [-0.15, -0.1) is 0 Å². The van der Waals surface area contributed by atoms with Gasteiger partial charge in [-0.25, -0.2) is 4.98 Å². The molecule has 0 saturated heterocycles. The second-order valence-corrected chi connectivity index (χ2v) is 9.26. The molecular formula is C26H21NO3S. The molecule has 0 radical (unpaired) electrons. The number of pyridine rings is 1. The molecule has 0 atom stereocenters. The normalized spacial score (nSPS) is 12.7. The zero-order valence-electron chi connectivity index (χ0n) is 17.1. The first-order chi connectivity index (χ1) is 15.0. The fourth-order valence-electron chi connectivity index (χ4n) is 4.04. The number of benzene rings is 3. The van der Waals surface area contributed by atoms with E-state index in [1.165, 1.54) is 5.56 Å². The largest absolute Gasteiger partial charge is 0.358 e. The summed E-state index contributed by atoms with van der Waals surface area (Å²) in [4.78, 5) is 4.78. The molecule has 0 aliphatic heterocycles. The predicted octanol–water partition coefficient (Wildman–Crippen LogP) is 5.59. The zero-order valence-corrected chi connectivity index (χ0v) is 17.9. The van der Waals surface area contributed by atoms with Gasteiger partial charge >= 0.3 is 10.1 Å². The Kier molecular flexibility index (Phi) is 4.83. The van der Waals surface area contributed by atoms with Crippen LogP contribution in [-0.2, 0) is 23.0 Å². The van der Waals surface area contributed by atoms with Crippen molar-refractivity contribution in [1.29, 1.82) is 0 Å². The van der Waals surface area contributed by atoms with Gasteiger partial charge in [-0.3, -0.25) is 0 Å². The standard InChI is InChI=1S/C26H21NO3S/c1-18-11-14-21(15-12-18)31(28,29)30-25-17-24(19-7-3-2-4-8-19)23-16-13-20-9-5-6-10-22(20)26(23)27-25/h2-12,14-15,17H,13,16H2,1H3. The number of hydrogen-bond acceptors (Lipinski definition) is 4. The van der Waals surface area contributed by atoms with E-state index < -0.39 is 10.1 Å². The quantitative estimate of drug-likeness (QED) is 0.398. The van der Waals surface area contributed by atoms with Crippen LogP contribution >= 0.6 is 0 Å². The van der Waals surface area contributed by atoms with Crippen molar-refractivity contribution < 1.29 is 12.6 Å². The van der Waals surface area contributed by atoms with Gasteiger partial charge in [-0.1, -0.05) is 72.3 Å². The van der Waals surface area contributed by atoms with Crippen LogP contribution in [0, 0.1) is 6.92 Å². The maximum absolute atomic E-state index is 12.9. The Morgan fingerprint density at radius 3 is 2.29 bits per heavy atom. The molecule has 5 heteroatoms. The highest BCUT2D eigenvalue weighted by Gasteiger charge is 2.24. The highest BCUT2D eigenvalue weighted by atomic mass is 32.2. The molecule has 31 heavy (non-hydrogen) atoms. The van der Waals surface area contributed by atoms with E-state index in [9.17, 15) is 8.42 Å². The zero-order chi connectivity index (χ0) is 21.4. The van der Waals surface area contributed by atoms with Crippen LogP contribution in [0.3, 0.4) is 0 Å². The summed E-state index contributed by atoms with van der Waals surface area (Å²) in [6.45, 7) is 1.91. The molecule has 154 valence electrons. The Morgan fingerprint density at radius 2 is 1.52 bits per heavy atom.